The van der Waals surface area contributed by atoms with Crippen molar-refractivity contribution in [3.8, 4) is 5.75 Å². The van der Waals surface area contributed by atoms with Crippen LogP contribution >= 0.6 is 11.3 Å². The summed E-state index contributed by atoms with van der Waals surface area (Å²) in [4.78, 5) is 17.3. The molecule has 0 aliphatic carbocycles. The Balaban J connectivity index is 1.74. The number of thiazole rings is 1. The van der Waals surface area contributed by atoms with E-state index in [1.165, 1.54) is 23.5 Å². The first-order chi connectivity index (χ1) is 12.0. The van der Waals surface area contributed by atoms with Gasteiger partial charge in [-0.25, -0.2) is 9.37 Å². The number of hydrogen-bond donors (Lipinski definition) is 2. The van der Waals surface area contributed by atoms with Crippen LogP contribution in [0.3, 0.4) is 0 Å². The Morgan fingerprint density at radius 2 is 1.92 bits per heavy atom. The summed E-state index contributed by atoms with van der Waals surface area (Å²) in [5.74, 6) is 0.118. The van der Waals surface area contributed by atoms with E-state index in [4.69, 9.17) is 4.74 Å². The maximum Gasteiger partial charge on any atom is 0.267 e. The lowest BCUT2D eigenvalue weighted by atomic mass is 10.3. The number of amides is 1. The van der Waals surface area contributed by atoms with Gasteiger partial charge in [0.05, 0.1) is 12.8 Å². The number of carbonyl (C=O) groups is 1. The van der Waals surface area contributed by atoms with Gasteiger partial charge in [-0.05, 0) is 43.3 Å². The number of carbonyl (C=O) groups excluding carboxylic acids is 1. The zero-order valence-corrected chi connectivity index (χ0v) is 14.5. The fourth-order valence-electron chi connectivity index (χ4n) is 2.21. The topological polar surface area (TPSA) is 63.2 Å². The summed E-state index contributed by atoms with van der Waals surface area (Å²) in [5, 5.41) is 6.47. The zero-order chi connectivity index (χ0) is 17.8. The molecule has 0 fully saturated rings. The summed E-state index contributed by atoms with van der Waals surface area (Å²) in [5.41, 5.74) is 1.97. The fraction of sp³-hybridized carbons (Fsp3) is 0.111. The number of aromatic nitrogens is 1. The van der Waals surface area contributed by atoms with E-state index in [1.54, 1.807) is 50.4 Å². The first-order valence-corrected chi connectivity index (χ1v) is 8.32. The van der Waals surface area contributed by atoms with Gasteiger partial charge in [0.2, 0.25) is 0 Å². The molecule has 0 saturated carbocycles. The molecule has 0 aliphatic rings. The smallest absolute Gasteiger partial charge is 0.267 e. The van der Waals surface area contributed by atoms with Crippen molar-refractivity contribution in [3.05, 3.63) is 64.9 Å². The van der Waals surface area contributed by atoms with Gasteiger partial charge in [-0.1, -0.05) is 17.4 Å². The third-order valence-corrected chi connectivity index (χ3v) is 4.50. The average Bonchev–Trinajstić information content (AvgIpc) is 2.97. The third kappa shape index (κ3) is 4.13. The Labute approximate surface area is 148 Å². The summed E-state index contributed by atoms with van der Waals surface area (Å²) in [6.45, 7) is 1.77. The van der Waals surface area contributed by atoms with Crippen molar-refractivity contribution in [2.45, 2.75) is 6.92 Å². The van der Waals surface area contributed by atoms with Crippen LogP contribution < -0.4 is 15.4 Å². The number of hydrogen-bond acceptors (Lipinski definition) is 5. The van der Waals surface area contributed by atoms with Crippen LogP contribution in [0.15, 0.2) is 48.5 Å². The molecule has 3 rings (SSSR count). The number of halogens is 1. The fourth-order valence-corrected chi connectivity index (χ4v) is 3.09. The van der Waals surface area contributed by atoms with Crippen molar-refractivity contribution in [1.82, 2.24) is 4.98 Å². The highest BCUT2D eigenvalue weighted by molar-refractivity contribution is 7.17. The van der Waals surface area contributed by atoms with Gasteiger partial charge >= 0.3 is 0 Å². The van der Waals surface area contributed by atoms with E-state index < -0.39 is 0 Å². The van der Waals surface area contributed by atoms with E-state index in [2.05, 4.69) is 15.6 Å². The molecule has 1 heterocycles. The van der Waals surface area contributed by atoms with E-state index in [9.17, 15) is 9.18 Å². The normalized spacial score (nSPS) is 10.4. The number of benzene rings is 2. The van der Waals surface area contributed by atoms with E-state index in [0.717, 1.165) is 0 Å². The molecule has 7 heteroatoms. The van der Waals surface area contributed by atoms with Crippen molar-refractivity contribution in [2.75, 3.05) is 17.7 Å². The minimum atomic E-state index is -0.306. The molecule has 0 spiro atoms. The maximum atomic E-state index is 13.0. The van der Waals surface area contributed by atoms with Crippen LogP contribution in [0.25, 0.3) is 0 Å². The molecule has 0 bridgehead atoms. The molecule has 25 heavy (non-hydrogen) atoms. The molecular weight excluding hydrogens is 341 g/mol. The molecule has 2 N–H and O–H groups in total. The number of anilines is 3. The van der Waals surface area contributed by atoms with E-state index in [-0.39, 0.29) is 11.7 Å². The first-order valence-electron chi connectivity index (χ1n) is 7.50. The second-order valence-electron chi connectivity index (χ2n) is 5.25. The van der Waals surface area contributed by atoms with Gasteiger partial charge < -0.3 is 15.4 Å². The minimum Gasteiger partial charge on any atom is -0.497 e. The van der Waals surface area contributed by atoms with Gasteiger partial charge in [0.25, 0.3) is 5.91 Å². The largest absolute Gasteiger partial charge is 0.497 e. The monoisotopic (exact) mass is 357 g/mol. The van der Waals surface area contributed by atoms with Gasteiger partial charge in [0.15, 0.2) is 5.13 Å². The lowest BCUT2D eigenvalue weighted by Crippen LogP contribution is -2.11. The molecule has 1 amide bonds. The molecule has 0 saturated heterocycles. The molecule has 0 radical (unpaired) electrons. The quantitative estimate of drug-likeness (QED) is 0.701. The van der Waals surface area contributed by atoms with E-state index in [1.807, 2.05) is 0 Å². The van der Waals surface area contributed by atoms with Crippen LogP contribution in [0.1, 0.15) is 15.4 Å². The predicted molar refractivity (Wildman–Crippen MR) is 97.5 cm³/mol. The molecule has 128 valence electrons. The Kier molecular flexibility index (Phi) is 4.95. The van der Waals surface area contributed by atoms with Crippen LogP contribution in [0.4, 0.5) is 20.9 Å². The Bertz CT molecular complexity index is 894. The second-order valence-corrected chi connectivity index (χ2v) is 6.25. The summed E-state index contributed by atoms with van der Waals surface area (Å²) in [6.07, 6.45) is 0. The summed E-state index contributed by atoms with van der Waals surface area (Å²) < 4.78 is 18.1. The Morgan fingerprint density at radius 1 is 1.16 bits per heavy atom. The van der Waals surface area contributed by atoms with Crippen LogP contribution in [0, 0.1) is 12.7 Å². The predicted octanol–water partition coefficient (Wildman–Crippen LogP) is 4.60. The molecule has 3 aromatic rings. The molecule has 0 unspecified atom stereocenters. The first kappa shape index (κ1) is 16.9. The number of nitrogens with one attached hydrogen (secondary N) is 2. The summed E-state index contributed by atoms with van der Waals surface area (Å²) in [7, 11) is 1.57. The van der Waals surface area contributed by atoms with Crippen molar-refractivity contribution in [1.29, 1.82) is 0 Å². The zero-order valence-electron chi connectivity index (χ0n) is 13.7. The molecule has 1 aromatic heterocycles. The van der Waals surface area contributed by atoms with Crippen molar-refractivity contribution < 1.29 is 13.9 Å². The summed E-state index contributed by atoms with van der Waals surface area (Å²) >= 11 is 1.24. The van der Waals surface area contributed by atoms with Gasteiger partial charge in [-0.3, -0.25) is 4.79 Å². The van der Waals surface area contributed by atoms with Crippen LogP contribution in [-0.2, 0) is 0 Å². The van der Waals surface area contributed by atoms with Crippen LogP contribution in [0.5, 0.6) is 5.75 Å². The van der Waals surface area contributed by atoms with Gasteiger partial charge in [-0.15, -0.1) is 0 Å². The Morgan fingerprint density at radius 3 is 2.64 bits per heavy atom. The van der Waals surface area contributed by atoms with Crippen molar-refractivity contribution in [2.24, 2.45) is 0 Å². The Hall–Kier alpha value is -2.93. The van der Waals surface area contributed by atoms with Gasteiger partial charge in [-0.2, -0.15) is 0 Å². The second kappa shape index (κ2) is 7.31. The highest BCUT2D eigenvalue weighted by atomic mass is 32.1. The van der Waals surface area contributed by atoms with Crippen LogP contribution in [0.2, 0.25) is 0 Å². The van der Waals surface area contributed by atoms with Crippen molar-refractivity contribution >= 4 is 33.8 Å². The molecule has 0 aliphatic heterocycles. The highest BCUT2D eigenvalue weighted by Gasteiger charge is 2.16. The number of methoxy groups -OCH3 is 1. The summed E-state index contributed by atoms with van der Waals surface area (Å²) in [6, 6.07) is 13.1. The molecule has 2 aromatic carbocycles. The number of ether oxygens (including phenoxy) is 1. The third-order valence-electron chi connectivity index (χ3n) is 3.43. The number of nitrogens with zero attached hydrogens (tertiary/aromatic N) is 1. The van der Waals surface area contributed by atoms with E-state index in [0.29, 0.717) is 32.8 Å². The molecular formula is C18H16FN3O2S. The molecule has 0 atom stereocenters. The SMILES string of the molecule is COc1cccc(NC(=O)c2sc(Nc3ccc(F)cc3)nc2C)c1. The van der Waals surface area contributed by atoms with E-state index >= 15 is 0 Å². The number of aryl methyl sites for hydroxylation is 1. The lowest BCUT2D eigenvalue weighted by molar-refractivity contribution is 0.103. The van der Waals surface area contributed by atoms with Crippen molar-refractivity contribution in [3.63, 3.8) is 0 Å². The van der Waals surface area contributed by atoms with Gasteiger partial charge in [0.1, 0.15) is 16.4 Å². The van der Waals surface area contributed by atoms with Crippen LogP contribution in [-0.4, -0.2) is 18.0 Å². The number of rotatable bonds is 5. The molecule has 5 nitrogen and oxygen atoms in total. The average molecular weight is 357 g/mol. The minimum absolute atomic E-state index is 0.240. The maximum absolute atomic E-state index is 13.0. The van der Waals surface area contributed by atoms with Gasteiger partial charge in [0, 0.05) is 17.4 Å². The lowest BCUT2D eigenvalue weighted by Gasteiger charge is -2.06. The highest BCUT2D eigenvalue weighted by Crippen LogP contribution is 2.27. The standard InChI is InChI=1S/C18H16FN3O2S/c1-11-16(17(23)21-14-4-3-5-15(10-14)24-2)25-18(20-11)22-13-8-6-12(19)7-9-13/h3-10H,1-2H3,(H,20,22)(H,21,23).